The number of nitrogens with zero attached hydrogens (tertiary/aromatic N) is 1. The Bertz CT molecular complexity index is 966. The molecule has 0 saturated carbocycles. The number of nitrogens with one attached hydrogen (secondary N) is 1. The first-order valence-electron chi connectivity index (χ1n) is 8.62. The van der Waals surface area contributed by atoms with E-state index in [9.17, 15) is 9.59 Å². The van der Waals surface area contributed by atoms with E-state index in [0.29, 0.717) is 11.3 Å². The molecular weight excluding hydrogens is 354 g/mol. The van der Waals surface area contributed by atoms with Gasteiger partial charge in [0.1, 0.15) is 5.75 Å². The lowest BCUT2D eigenvalue weighted by Gasteiger charge is -2.04. The lowest BCUT2D eigenvalue weighted by Crippen LogP contribution is -2.20. The van der Waals surface area contributed by atoms with Crippen LogP contribution in [-0.2, 0) is 4.79 Å². The van der Waals surface area contributed by atoms with E-state index in [4.69, 9.17) is 10.5 Å². The highest BCUT2D eigenvalue weighted by molar-refractivity contribution is 5.95. The second-order valence-electron chi connectivity index (χ2n) is 5.97. The molecule has 3 aromatic carbocycles. The Morgan fingerprint density at radius 2 is 1.54 bits per heavy atom. The van der Waals surface area contributed by atoms with Crippen molar-refractivity contribution >= 4 is 18.0 Å². The van der Waals surface area contributed by atoms with E-state index < -0.39 is 5.91 Å². The molecule has 0 bridgehead atoms. The van der Waals surface area contributed by atoms with Gasteiger partial charge in [0.2, 0.25) is 0 Å². The Balaban J connectivity index is 1.55. The van der Waals surface area contributed by atoms with Crippen LogP contribution < -0.4 is 15.9 Å². The smallest absolute Gasteiger partial charge is 0.271 e. The van der Waals surface area contributed by atoms with Gasteiger partial charge in [-0.25, -0.2) is 5.43 Å². The molecule has 3 rings (SSSR count). The maximum absolute atomic E-state index is 12.2. The zero-order valence-electron chi connectivity index (χ0n) is 15.0. The van der Waals surface area contributed by atoms with Crippen molar-refractivity contribution in [2.24, 2.45) is 10.8 Å². The summed E-state index contributed by atoms with van der Waals surface area (Å²) in [5.74, 6) is -0.305. The summed E-state index contributed by atoms with van der Waals surface area (Å²) in [7, 11) is 0. The standard InChI is InChI=1S/C22H19N3O3/c23-21(26)15-28-20-12-6-16(7-13-20)14-24-25-22(27)19-10-8-18(9-11-19)17-4-2-1-3-5-17/h1-14H,15H2,(H2,23,26)(H,25,27)/b24-14+. The van der Waals surface area contributed by atoms with Gasteiger partial charge in [-0.3, -0.25) is 9.59 Å². The normalized spacial score (nSPS) is 10.6. The highest BCUT2D eigenvalue weighted by atomic mass is 16.5. The van der Waals surface area contributed by atoms with Crippen molar-refractivity contribution in [3.05, 3.63) is 90.0 Å². The summed E-state index contributed by atoms with van der Waals surface area (Å²) >= 11 is 0. The minimum Gasteiger partial charge on any atom is -0.484 e. The van der Waals surface area contributed by atoms with Gasteiger partial charge in [-0.15, -0.1) is 0 Å². The molecule has 0 heterocycles. The first-order valence-corrected chi connectivity index (χ1v) is 8.62. The van der Waals surface area contributed by atoms with Crippen LogP contribution in [0.5, 0.6) is 5.75 Å². The fraction of sp³-hybridized carbons (Fsp3) is 0.0455. The zero-order valence-corrected chi connectivity index (χ0v) is 15.0. The van der Waals surface area contributed by atoms with Crippen molar-refractivity contribution in [2.45, 2.75) is 0 Å². The van der Waals surface area contributed by atoms with E-state index in [2.05, 4.69) is 10.5 Å². The van der Waals surface area contributed by atoms with Gasteiger partial charge in [0.15, 0.2) is 6.61 Å². The summed E-state index contributed by atoms with van der Waals surface area (Å²) in [6.07, 6.45) is 1.52. The van der Waals surface area contributed by atoms with Gasteiger partial charge in [0.25, 0.3) is 11.8 Å². The molecule has 3 N–H and O–H groups in total. The van der Waals surface area contributed by atoms with Crippen molar-refractivity contribution in [1.82, 2.24) is 5.43 Å². The van der Waals surface area contributed by atoms with Crippen LogP contribution in [0, 0.1) is 0 Å². The number of hydrazone groups is 1. The summed E-state index contributed by atoms with van der Waals surface area (Å²) < 4.78 is 5.18. The lowest BCUT2D eigenvalue weighted by molar-refractivity contribution is -0.119. The molecular formula is C22H19N3O3. The van der Waals surface area contributed by atoms with Crippen molar-refractivity contribution in [1.29, 1.82) is 0 Å². The summed E-state index contributed by atoms with van der Waals surface area (Å²) in [4.78, 5) is 22.9. The number of carbonyl (C=O) groups excluding carboxylic acids is 2. The van der Waals surface area contributed by atoms with Gasteiger partial charge >= 0.3 is 0 Å². The summed E-state index contributed by atoms with van der Waals surface area (Å²) in [6, 6.07) is 24.2. The number of primary amides is 1. The third-order valence-corrected chi connectivity index (χ3v) is 3.90. The minimum absolute atomic E-state index is 0.174. The molecule has 2 amide bonds. The average Bonchev–Trinajstić information content (AvgIpc) is 2.74. The number of carbonyl (C=O) groups is 2. The van der Waals surface area contributed by atoms with Crippen molar-refractivity contribution in [3.63, 3.8) is 0 Å². The minimum atomic E-state index is -0.537. The monoisotopic (exact) mass is 373 g/mol. The second kappa shape index (κ2) is 9.14. The van der Waals surface area contributed by atoms with Crippen molar-refractivity contribution in [2.75, 3.05) is 6.61 Å². The Morgan fingerprint density at radius 3 is 2.18 bits per heavy atom. The summed E-state index contributed by atoms with van der Waals surface area (Å²) in [5.41, 5.74) is 10.9. The Kier molecular flexibility index (Phi) is 6.15. The van der Waals surface area contributed by atoms with Gasteiger partial charge in [-0.05, 0) is 53.1 Å². The average molecular weight is 373 g/mol. The van der Waals surface area contributed by atoms with E-state index in [-0.39, 0.29) is 12.5 Å². The van der Waals surface area contributed by atoms with E-state index >= 15 is 0 Å². The van der Waals surface area contributed by atoms with E-state index in [0.717, 1.165) is 16.7 Å². The van der Waals surface area contributed by atoms with Crippen LogP contribution in [0.1, 0.15) is 15.9 Å². The lowest BCUT2D eigenvalue weighted by atomic mass is 10.0. The fourth-order valence-electron chi connectivity index (χ4n) is 2.48. The molecule has 6 heteroatoms. The number of ether oxygens (including phenoxy) is 1. The fourth-order valence-corrected chi connectivity index (χ4v) is 2.48. The molecule has 0 radical (unpaired) electrons. The molecule has 0 aliphatic rings. The molecule has 0 fully saturated rings. The molecule has 28 heavy (non-hydrogen) atoms. The topological polar surface area (TPSA) is 93.8 Å². The number of hydrogen-bond donors (Lipinski definition) is 2. The quantitative estimate of drug-likeness (QED) is 0.492. The first kappa shape index (κ1) is 18.8. The van der Waals surface area contributed by atoms with E-state index in [1.807, 2.05) is 42.5 Å². The third-order valence-electron chi connectivity index (χ3n) is 3.90. The molecule has 0 aromatic heterocycles. The van der Waals surface area contributed by atoms with Crippen LogP contribution in [0.3, 0.4) is 0 Å². The van der Waals surface area contributed by atoms with Crippen LogP contribution >= 0.6 is 0 Å². The Morgan fingerprint density at radius 1 is 0.893 bits per heavy atom. The molecule has 3 aromatic rings. The van der Waals surface area contributed by atoms with Crippen LogP contribution in [0.4, 0.5) is 0 Å². The number of benzene rings is 3. The third kappa shape index (κ3) is 5.28. The van der Waals surface area contributed by atoms with Crippen molar-refractivity contribution < 1.29 is 14.3 Å². The van der Waals surface area contributed by atoms with Crippen LogP contribution in [0.15, 0.2) is 84.0 Å². The first-order chi connectivity index (χ1) is 13.6. The SMILES string of the molecule is NC(=O)COc1ccc(/C=N/NC(=O)c2ccc(-c3ccccc3)cc2)cc1. The van der Waals surface area contributed by atoms with Gasteiger partial charge in [-0.1, -0.05) is 42.5 Å². The van der Waals surface area contributed by atoms with Crippen LogP contribution in [-0.4, -0.2) is 24.6 Å². The largest absolute Gasteiger partial charge is 0.484 e. The van der Waals surface area contributed by atoms with E-state index in [1.54, 1.807) is 36.4 Å². The molecule has 0 atom stereocenters. The predicted octanol–water partition coefficient (Wildman–Crippen LogP) is 2.98. The number of hydrogen-bond acceptors (Lipinski definition) is 4. The summed E-state index contributed by atoms with van der Waals surface area (Å²) in [5, 5.41) is 3.96. The maximum atomic E-state index is 12.2. The predicted molar refractivity (Wildman–Crippen MR) is 108 cm³/mol. The Labute approximate surface area is 162 Å². The summed E-state index contributed by atoms with van der Waals surface area (Å²) in [6.45, 7) is -0.174. The van der Waals surface area contributed by atoms with Gasteiger partial charge in [-0.2, -0.15) is 5.10 Å². The molecule has 6 nitrogen and oxygen atoms in total. The maximum Gasteiger partial charge on any atom is 0.271 e. The van der Waals surface area contributed by atoms with Gasteiger partial charge < -0.3 is 10.5 Å². The molecule has 0 aliphatic carbocycles. The zero-order chi connectivity index (χ0) is 19.8. The van der Waals surface area contributed by atoms with Gasteiger partial charge in [0, 0.05) is 5.56 Å². The second-order valence-corrected chi connectivity index (χ2v) is 5.97. The number of amides is 2. The number of nitrogens with two attached hydrogens (primary N) is 1. The highest BCUT2D eigenvalue weighted by Gasteiger charge is 2.05. The molecule has 0 unspecified atom stereocenters. The molecule has 0 aliphatic heterocycles. The molecule has 0 spiro atoms. The highest BCUT2D eigenvalue weighted by Crippen LogP contribution is 2.19. The van der Waals surface area contributed by atoms with Crippen LogP contribution in [0.2, 0.25) is 0 Å². The molecule has 140 valence electrons. The van der Waals surface area contributed by atoms with E-state index in [1.165, 1.54) is 6.21 Å². The van der Waals surface area contributed by atoms with Crippen LogP contribution in [0.25, 0.3) is 11.1 Å². The Hall–Kier alpha value is -3.93. The van der Waals surface area contributed by atoms with Gasteiger partial charge in [0.05, 0.1) is 6.21 Å². The van der Waals surface area contributed by atoms with Crippen molar-refractivity contribution in [3.8, 4) is 16.9 Å². The number of rotatable bonds is 7. The molecule has 0 saturated heterocycles.